The topological polar surface area (TPSA) is 96.0 Å². The van der Waals surface area contributed by atoms with Crippen molar-refractivity contribution in [1.82, 2.24) is 20.4 Å². The zero-order valence-corrected chi connectivity index (χ0v) is 12.8. The molecular formula is C16H20N4O3. The molecule has 1 saturated heterocycles. The Kier molecular flexibility index (Phi) is 4.57. The van der Waals surface area contributed by atoms with E-state index in [0.717, 1.165) is 19.4 Å². The molecule has 0 radical (unpaired) electrons. The molecule has 122 valence electrons. The SMILES string of the molecule is O=C(CCn1[nH]c(=O)c2ccccc2c1=O)NCC1CCCN1. The van der Waals surface area contributed by atoms with Gasteiger partial charge in [-0.1, -0.05) is 12.1 Å². The molecule has 0 bridgehead atoms. The van der Waals surface area contributed by atoms with Crippen LogP contribution >= 0.6 is 0 Å². The lowest BCUT2D eigenvalue weighted by Crippen LogP contribution is -2.38. The molecule has 1 aromatic carbocycles. The van der Waals surface area contributed by atoms with Crippen LogP contribution < -0.4 is 21.8 Å². The average molecular weight is 316 g/mol. The summed E-state index contributed by atoms with van der Waals surface area (Å²) in [5, 5.41) is 9.42. The highest BCUT2D eigenvalue weighted by atomic mass is 16.2. The number of aryl methyl sites for hydroxylation is 1. The van der Waals surface area contributed by atoms with E-state index in [1.165, 1.54) is 4.68 Å². The Morgan fingerprint density at radius 1 is 1.26 bits per heavy atom. The fourth-order valence-corrected chi connectivity index (χ4v) is 2.87. The van der Waals surface area contributed by atoms with E-state index < -0.39 is 0 Å². The van der Waals surface area contributed by atoms with Crippen LogP contribution in [0, 0.1) is 0 Å². The van der Waals surface area contributed by atoms with Crippen LogP contribution in [0.2, 0.25) is 0 Å². The molecule has 1 amide bonds. The number of fused-ring (bicyclic) bond motifs is 1. The summed E-state index contributed by atoms with van der Waals surface area (Å²) in [5.74, 6) is -0.125. The number of hydrogen-bond donors (Lipinski definition) is 3. The molecular weight excluding hydrogens is 296 g/mol. The van der Waals surface area contributed by atoms with Gasteiger partial charge in [0.15, 0.2) is 0 Å². The average Bonchev–Trinajstić information content (AvgIpc) is 3.08. The number of carbonyl (C=O) groups excluding carboxylic acids is 1. The Morgan fingerprint density at radius 2 is 2.04 bits per heavy atom. The largest absolute Gasteiger partial charge is 0.354 e. The number of hydrogen-bond acceptors (Lipinski definition) is 4. The van der Waals surface area contributed by atoms with E-state index >= 15 is 0 Å². The molecule has 23 heavy (non-hydrogen) atoms. The van der Waals surface area contributed by atoms with E-state index in [1.807, 2.05) is 0 Å². The van der Waals surface area contributed by atoms with Gasteiger partial charge in [-0.25, -0.2) is 4.68 Å². The number of benzene rings is 1. The second-order valence-corrected chi connectivity index (χ2v) is 5.79. The Bertz CT molecular complexity index is 818. The Hall–Kier alpha value is -2.41. The number of aromatic nitrogens is 2. The summed E-state index contributed by atoms with van der Waals surface area (Å²) < 4.78 is 1.21. The van der Waals surface area contributed by atoms with Crippen molar-refractivity contribution in [2.45, 2.75) is 31.8 Å². The quantitative estimate of drug-likeness (QED) is 0.720. The lowest BCUT2D eigenvalue weighted by molar-refractivity contribution is -0.121. The van der Waals surface area contributed by atoms with Gasteiger partial charge < -0.3 is 10.6 Å². The van der Waals surface area contributed by atoms with Gasteiger partial charge in [0.05, 0.1) is 17.3 Å². The molecule has 7 nitrogen and oxygen atoms in total. The number of nitrogens with zero attached hydrogens (tertiary/aromatic N) is 1. The second-order valence-electron chi connectivity index (χ2n) is 5.79. The van der Waals surface area contributed by atoms with Crippen LogP contribution in [0.5, 0.6) is 0 Å². The highest BCUT2D eigenvalue weighted by molar-refractivity contribution is 5.80. The summed E-state index contributed by atoms with van der Waals surface area (Å²) in [6.45, 7) is 1.75. The fraction of sp³-hybridized carbons (Fsp3) is 0.438. The van der Waals surface area contributed by atoms with Crippen LogP contribution in [0.15, 0.2) is 33.9 Å². The molecule has 2 aromatic rings. The van der Waals surface area contributed by atoms with Crippen molar-refractivity contribution in [3.8, 4) is 0 Å². The van der Waals surface area contributed by atoms with Crippen LogP contribution in [-0.2, 0) is 11.3 Å². The van der Waals surface area contributed by atoms with Crippen molar-refractivity contribution in [3.63, 3.8) is 0 Å². The maximum absolute atomic E-state index is 12.3. The molecule has 1 atom stereocenters. The van der Waals surface area contributed by atoms with E-state index in [0.29, 0.717) is 23.4 Å². The number of rotatable bonds is 5. The highest BCUT2D eigenvalue weighted by Gasteiger charge is 2.15. The lowest BCUT2D eigenvalue weighted by atomic mass is 10.2. The predicted octanol–water partition coefficient (Wildman–Crippen LogP) is -0.0519. The smallest absolute Gasteiger partial charge is 0.273 e. The van der Waals surface area contributed by atoms with Crippen molar-refractivity contribution in [2.24, 2.45) is 0 Å². The zero-order valence-electron chi connectivity index (χ0n) is 12.8. The first-order valence-corrected chi connectivity index (χ1v) is 7.87. The number of carbonyl (C=O) groups is 1. The molecule has 7 heteroatoms. The van der Waals surface area contributed by atoms with Crippen molar-refractivity contribution in [1.29, 1.82) is 0 Å². The van der Waals surface area contributed by atoms with Gasteiger partial charge in [-0.05, 0) is 31.5 Å². The molecule has 1 aliphatic rings. The molecule has 3 N–H and O–H groups in total. The molecule has 2 heterocycles. The number of amides is 1. The van der Waals surface area contributed by atoms with Gasteiger partial charge in [-0.3, -0.25) is 19.5 Å². The summed E-state index contributed by atoms with van der Waals surface area (Å²) >= 11 is 0. The van der Waals surface area contributed by atoms with Crippen LogP contribution in [0.3, 0.4) is 0 Å². The van der Waals surface area contributed by atoms with Crippen molar-refractivity contribution in [3.05, 3.63) is 45.0 Å². The minimum atomic E-state index is -0.323. The van der Waals surface area contributed by atoms with Crippen molar-refractivity contribution >= 4 is 16.7 Å². The molecule has 0 spiro atoms. The number of H-pyrrole nitrogens is 1. The van der Waals surface area contributed by atoms with E-state index in [2.05, 4.69) is 15.7 Å². The highest BCUT2D eigenvalue weighted by Crippen LogP contribution is 2.04. The standard InChI is InChI=1S/C16H20N4O3/c21-14(18-10-11-4-3-8-17-11)7-9-20-16(23)13-6-2-1-5-12(13)15(22)19-20/h1-2,5-6,11,17H,3-4,7-10H2,(H,18,21)(H,19,22). The summed E-state index contributed by atoms with van der Waals surface area (Å²) in [7, 11) is 0. The van der Waals surface area contributed by atoms with Gasteiger partial charge in [0.25, 0.3) is 11.1 Å². The zero-order chi connectivity index (χ0) is 16.2. The normalized spacial score (nSPS) is 17.5. The number of nitrogens with one attached hydrogen (secondary N) is 3. The third-order valence-electron chi connectivity index (χ3n) is 4.15. The fourth-order valence-electron chi connectivity index (χ4n) is 2.87. The third-order valence-corrected chi connectivity index (χ3v) is 4.15. The molecule has 3 rings (SSSR count). The summed E-state index contributed by atoms with van der Waals surface area (Å²) in [6.07, 6.45) is 2.35. The van der Waals surface area contributed by atoms with Crippen LogP contribution in [0.25, 0.3) is 10.8 Å². The first-order valence-electron chi connectivity index (χ1n) is 7.87. The molecule has 0 aliphatic carbocycles. The van der Waals surface area contributed by atoms with Gasteiger partial charge in [0.2, 0.25) is 5.91 Å². The Morgan fingerprint density at radius 3 is 2.78 bits per heavy atom. The molecule has 1 aromatic heterocycles. The first kappa shape index (κ1) is 15.5. The van der Waals surface area contributed by atoms with Crippen LogP contribution in [0.1, 0.15) is 19.3 Å². The number of aromatic amines is 1. The first-order chi connectivity index (χ1) is 11.1. The van der Waals surface area contributed by atoms with E-state index in [-0.39, 0.29) is 30.0 Å². The summed E-state index contributed by atoms with van der Waals surface area (Å²) in [5.41, 5.74) is -0.610. The minimum Gasteiger partial charge on any atom is -0.354 e. The summed E-state index contributed by atoms with van der Waals surface area (Å²) in [6, 6.07) is 7.00. The van der Waals surface area contributed by atoms with Crippen LogP contribution in [0.4, 0.5) is 0 Å². The molecule has 0 saturated carbocycles. The Balaban J connectivity index is 1.65. The van der Waals surface area contributed by atoms with Crippen LogP contribution in [-0.4, -0.2) is 34.8 Å². The van der Waals surface area contributed by atoms with Gasteiger partial charge in [-0.15, -0.1) is 0 Å². The van der Waals surface area contributed by atoms with Gasteiger partial charge >= 0.3 is 0 Å². The molecule has 1 unspecified atom stereocenters. The minimum absolute atomic E-state index is 0.125. The van der Waals surface area contributed by atoms with Crippen molar-refractivity contribution in [2.75, 3.05) is 13.1 Å². The van der Waals surface area contributed by atoms with E-state index in [1.54, 1.807) is 24.3 Å². The molecule has 1 aliphatic heterocycles. The van der Waals surface area contributed by atoms with E-state index in [4.69, 9.17) is 0 Å². The maximum atomic E-state index is 12.3. The maximum Gasteiger partial charge on any atom is 0.273 e. The van der Waals surface area contributed by atoms with Gasteiger partial charge in [0.1, 0.15) is 0 Å². The van der Waals surface area contributed by atoms with Crippen molar-refractivity contribution < 1.29 is 4.79 Å². The Labute approximate surface area is 132 Å². The lowest BCUT2D eigenvalue weighted by Gasteiger charge is -2.12. The molecule has 1 fully saturated rings. The van der Waals surface area contributed by atoms with E-state index in [9.17, 15) is 14.4 Å². The second kappa shape index (κ2) is 6.78. The summed E-state index contributed by atoms with van der Waals surface area (Å²) in [4.78, 5) is 36.2. The predicted molar refractivity (Wildman–Crippen MR) is 87.5 cm³/mol. The van der Waals surface area contributed by atoms with Gasteiger partial charge in [-0.2, -0.15) is 0 Å². The van der Waals surface area contributed by atoms with Gasteiger partial charge in [0, 0.05) is 19.0 Å². The third kappa shape index (κ3) is 3.50. The monoisotopic (exact) mass is 316 g/mol.